The predicted molar refractivity (Wildman–Crippen MR) is 87.2 cm³/mol. The Bertz CT molecular complexity index is 694. The van der Waals surface area contributed by atoms with Gasteiger partial charge >= 0.3 is 0 Å². The van der Waals surface area contributed by atoms with Crippen LogP contribution in [-0.4, -0.2) is 44.1 Å². The Labute approximate surface area is 141 Å². The fourth-order valence-corrected chi connectivity index (χ4v) is 4.59. The van der Waals surface area contributed by atoms with Crippen LogP contribution in [0.5, 0.6) is 0 Å². The molecule has 0 aromatic carbocycles. The Morgan fingerprint density at radius 3 is 2.79 bits per heavy atom. The van der Waals surface area contributed by atoms with Gasteiger partial charge in [-0.1, -0.05) is 5.16 Å². The molecular weight excluding hydrogens is 304 g/mol. The van der Waals surface area contributed by atoms with E-state index < -0.39 is 0 Å². The molecule has 24 heavy (non-hydrogen) atoms. The molecule has 2 saturated carbocycles. The Hall–Kier alpha value is -1.66. The third kappa shape index (κ3) is 2.67. The molecule has 0 spiro atoms. The van der Waals surface area contributed by atoms with Crippen molar-refractivity contribution in [3.63, 3.8) is 0 Å². The first kappa shape index (κ1) is 14.7. The van der Waals surface area contributed by atoms with E-state index in [0.717, 1.165) is 43.9 Å². The highest BCUT2D eigenvalue weighted by atomic mass is 16.5. The van der Waals surface area contributed by atoms with E-state index in [4.69, 9.17) is 4.52 Å². The van der Waals surface area contributed by atoms with Crippen molar-refractivity contribution in [1.82, 2.24) is 19.8 Å². The lowest BCUT2D eigenvalue weighted by Gasteiger charge is -2.35. The fraction of sp³-hybridized carbons (Fsp3) is 0.667. The SMILES string of the molecule is O[C@@H]1C[C@H]2CN(Cc3cc(C4CC4)on3)C[C@H]2C[C@H]1n1cccn1. The standard InChI is InChI=1S/C18H24N4O2/c23-17-7-14-10-21(11-15-8-18(24-20-15)12-2-3-12)9-13(14)6-16(17)22-5-1-4-19-22/h1,4-5,8,12-14,16-17,23H,2-3,6-7,9-11H2/t13-,14+,16-,17-/m1/s1. The van der Waals surface area contributed by atoms with Crippen LogP contribution in [0.25, 0.3) is 0 Å². The van der Waals surface area contributed by atoms with Crippen LogP contribution in [0.2, 0.25) is 0 Å². The normalized spacial score (nSPS) is 33.7. The summed E-state index contributed by atoms with van der Waals surface area (Å²) in [6, 6.07) is 4.19. The number of aliphatic hydroxyl groups excluding tert-OH is 1. The van der Waals surface area contributed by atoms with Crippen molar-refractivity contribution in [3.8, 4) is 0 Å². The second-order valence-electron chi connectivity index (χ2n) is 7.80. The minimum atomic E-state index is -0.292. The molecule has 5 rings (SSSR count). The number of likely N-dealkylation sites (tertiary alicyclic amines) is 1. The largest absolute Gasteiger partial charge is 0.391 e. The number of nitrogens with zero attached hydrogens (tertiary/aromatic N) is 4. The van der Waals surface area contributed by atoms with Gasteiger partial charge in [-0.15, -0.1) is 0 Å². The van der Waals surface area contributed by atoms with Gasteiger partial charge in [-0.25, -0.2) is 0 Å². The van der Waals surface area contributed by atoms with Crippen LogP contribution < -0.4 is 0 Å². The summed E-state index contributed by atoms with van der Waals surface area (Å²) in [5.74, 6) is 2.91. The molecule has 6 nitrogen and oxygen atoms in total. The van der Waals surface area contributed by atoms with E-state index in [-0.39, 0.29) is 12.1 Å². The summed E-state index contributed by atoms with van der Waals surface area (Å²) in [4.78, 5) is 2.47. The molecule has 6 heteroatoms. The summed E-state index contributed by atoms with van der Waals surface area (Å²) in [6.07, 6.45) is 7.84. The lowest BCUT2D eigenvalue weighted by atomic mass is 9.77. The summed E-state index contributed by atoms with van der Waals surface area (Å²) in [5.41, 5.74) is 1.06. The van der Waals surface area contributed by atoms with Gasteiger partial charge in [-0.05, 0) is 43.6 Å². The van der Waals surface area contributed by atoms with Gasteiger partial charge in [0, 0.05) is 44.0 Å². The van der Waals surface area contributed by atoms with Crippen molar-refractivity contribution < 1.29 is 9.63 Å². The minimum absolute atomic E-state index is 0.120. The maximum Gasteiger partial charge on any atom is 0.140 e. The first-order chi connectivity index (χ1) is 11.8. The maximum absolute atomic E-state index is 10.5. The molecule has 0 bridgehead atoms. The van der Waals surface area contributed by atoms with E-state index in [0.29, 0.717) is 17.8 Å². The van der Waals surface area contributed by atoms with E-state index in [1.54, 1.807) is 6.20 Å². The highest BCUT2D eigenvalue weighted by molar-refractivity contribution is 5.14. The predicted octanol–water partition coefficient (Wildman–Crippen LogP) is 2.19. The van der Waals surface area contributed by atoms with Gasteiger partial charge in [0.15, 0.2) is 0 Å². The number of hydrogen-bond donors (Lipinski definition) is 1. The molecule has 1 aliphatic heterocycles. The third-order valence-electron chi connectivity index (χ3n) is 5.99. The Morgan fingerprint density at radius 1 is 1.21 bits per heavy atom. The van der Waals surface area contributed by atoms with Crippen molar-refractivity contribution >= 4 is 0 Å². The molecule has 0 radical (unpaired) electrons. The summed E-state index contributed by atoms with van der Waals surface area (Å²) in [6.45, 7) is 3.01. The molecule has 0 amide bonds. The van der Waals surface area contributed by atoms with Gasteiger partial charge in [-0.2, -0.15) is 5.10 Å². The zero-order valence-corrected chi connectivity index (χ0v) is 13.8. The molecule has 1 saturated heterocycles. The Balaban J connectivity index is 1.24. The first-order valence-electron chi connectivity index (χ1n) is 9.11. The van der Waals surface area contributed by atoms with Crippen LogP contribution >= 0.6 is 0 Å². The summed E-state index contributed by atoms with van der Waals surface area (Å²) in [5, 5.41) is 19.1. The third-order valence-corrected chi connectivity index (χ3v) is 5.99. The monoisotopic (exact) mass is 328 g/mol. The Kier molecular flexibility index (Phi) is 3.49. The first-order valence-corrected chi connectivity index (χ1v) is 9.11. The zero-order valence-electron chi connectivity index (χ0n) is 13.8. The Morgan fingerprint density at radius 2 is 2.04 bits per heavy atom. The van der Waals surface area contributed by atoms with Gasteiger partial charge in [0.05, 0.1) is 17.8 Å². The molecule has 128 valence electrons. The van der Waals surface area contributed by atoms with Crippen molar-refractivity contribution in [3.05, 3.63) is 36.0 Å². The van der Waals surface area contributed by atoms with E-state index in [2.05, 4.69) is 21.2 Å². The van der Waals surface area contributed by atoms with Crippen LogP contribution in [0.1, 0.15) is 49.1 Å². The molecule has 2 aromatic rings. The number of hydrogen-bond acceptors (Lipinski definition) is 5. The van der Waals surface area contributed by atoms with Crippen molar-refractivity contribution in [2.45, 2.75) is 50.3 Å². The second-order valence-corrected chi connectivity index (χ2v) is 7.80. The van der Waals surface area contributed by atoms with E-state index in [1.807, 2.05) is 16.9 Å². The lowest BCUT2D eigenvalue weighted by molar-refractivity contribution is 0.0306. The molecule has 3 fully saturated rings. The fourth-order valence-electron chi connectivity index (χ4n) is 4.59. The number of aliphatic hydroxyl groups is 1. The highest BCUT2D eigenvalue weighted by Gasteiger charge is 2.42. The average molecular weight is 328 g/mol. The van der Waals surface area contributed by atoms with Crippen molar-refractivity contribution in [2.75, 3.05) is 13.1 Å². The number of aromatic nitrogens is 3. The summed E-state index contributed by atoms with van der Waals surface area (Å²) < 4.78 is 7.41. The maximum atomic E-state index is 10.5. The lowest BCUT2D eigenvalue weighted by Crippen LogP contribution is -2.36. The molecule has 2 aromatic heterocycles. The zero-order chi connectivity index (χ0) is 16.1. The molecule has 3 heterocycles. The van der Waals surface area contributed by atoms with Gasteiger partial charge in [0.2, 0.25) is 0 Å². The molecule has 2 aliphatic carbocycles. The van der Waals surface area contributed by atoms with Crippen LogP contribution in [-0.2, 0) is 6.54 Å². The van der Waals surface area contributed by atoms with E-state index in [1.165, 1.54) is 12.8 Å². The van der Waals surface area contributed by atoms with Crippen LogP contribution in [0.3, 0.4) is 0 Å². The van der Waals surface area contributed by atoms with Crippen molar-refractivity contribution in [2.24, 2.45) is 11.8 Å². The molecular formula is C18H24N4O2. The van der Waals surface area contributed by atoms with Crippen LogP contribution in [0, 0.1) is 11.8 Å². The number of fused-ring (bicyclic) bond motifs is 1. The van der Waals surface area contributed by atoms with Crippen LogP contribution in [0.4, 0.5) is 0 Å². The molecule has 0 unspecified atom stereocenters. The minimum Gasteiger partial charge on any atom is -0.391 e. The van der Waals surface area contributed by atoms with Crippen molar-refractivity contribution in [1.29, 1.82) is 0 Å². The summed E-state index contributed by atoms with van der Waals surface area (Å²) >= 11 is 0. The highest BCUT2D eigenvalue weighted by Crippen LogP contribution is 2.42. The van der Waals surface area contributed by atoms with Gasteiger partial charge in [-0.3, -0.25) is 9.58 Å². The molecule has 3 aliphatic rings. The van der Waals surface area contributed by atoms with Gasteiger partial charge in [0.1, 0.15) is 5.76 Å². The quantitative estimate of drug-likeness (QED) is 0.932. The summed E-state index contributed by atoms with van der Waals surface area (Å²) in [7, 11) is 0. The van der Waals surface area contributed by atoms with Gasteiger partial charge in [0.25, 0.3) is 0 Å². The topological polar surface area (TPSA) is 67.3 Å². The van der Waals surface area contributed by atoms with Gasteiger partial charge < -0.3 is 9.63 Å². The van der Waals surface area contributed by atoms with E-state index in [9.17, 15) is 5.11 Å². The number of rotatable bonds is 4. The smallest absolute Gasteiger partial charge is 0.140 e. The average Bonchev–Trinajstić information content (AvgIpc) is 2.99. The molecule has 1 N–H and O–H groups in total. The second kappa shape index (κ2) is 5.70. The van der Waals surface area contributed by atoms with E-state index >= 15 is 0 Å². The molecule has 4 atom stereocenters. The van der Waals surface area contributed by atoms with Crippen LogP contribution in [0.15, 0.2) is 29.0 Å².